The van der Waals surface area contributed by atoms with Crippen molar-refractivity contribution in [1.82, 2.24) is 9.78 Å². The average molecular weight is 765 g/mol. The van der Waals surface area contributed by atoms with Gasteiger partial charge in [-0.05, 0) is 61.4 Å². The summed E-state index contributed by atoms with van der Waals surface area (Å²) in [4.78, 5) is 0. The zero-order valence-corrected chi connectivity index (χ0v) is 32.8. The Labute approximate surface area is 342 Å². The Morgan fingerprint density at radius 2 is 1.15 bits per heavy atom. The van der Waals surface area contributed by atoms with Gasteiger partial charge in [0.15, 0.2) is 18.8 Å². The molecule has 12 rings (SSSR count). The van der Waals surface area contributed by atoms with Crippen molar-refractivity contribution in [1.29, 1.82) is 0 Å². The number of aromatic nitrogens is 5. The van der Waals surface area contributed by atoms with E-state index in [4.69, 9.17) is 5.10 Å². The van der Waals surface area contributed by atoms with Crippen molar-refractivity contribution in [2.75, 3.05) is 6.61 Å². The maximum absolute atomic E-state index is 9.97. The highest BCUT2D eigenvalue weighted by Gasteiger charge is 2.64. The molecule has 0 saturated carbocycles. The Balaban J connectivity index is 1.30. The van der Waals surface area contributed by atoms with Crippen LogP contribution in [0.15, 0.2) is 176 Å². The minimum absolute atomic E-state index is 0.126. The number of aryl methyl sites for hydroxylation is 2. The molecule has 0 fully saturated rings. The standard InChI is InChI=1S/C53H42N5O/c1-55-46-28-12-8-20-38(46)36-18-2-4-22-40(36)51(55)42-24-6-10-26-44(42)53(50-34-56-31-15-14-30-48(56)49-33-35(17-16-32-59)54-58(49)50)45-27-11-7-25-43(45)52-41-23-5-3-19-37(41)39-21-9-13-29-47(39)57(52)53/h2-15,18-31,33,50,59H,16-17,32,34H2,1H3/q+3. The first-order valence-electron chi connectivity index (χ1n) is 20.7. The number of nitrogens with zero attached hydrogens (tertiary/aromatic N) is 5. The summed E-state index contributed by atoms with van der Waals surface area (Å²) in [5, 5.41) is 22.9. The summed E-state index contributed by atoms with van der Waals surface area (Å²) in [6, 6.07) is 62.4. The van der Waals surface area contributed by atoms with Crippen molar-refractivity contribution in [3.8, 4) is 33.9 Å². The lowest BCUT2D eigenvalue weighted by Gasteiger charge is -2.36. The van der Waals surface area contributed by atoms with Crippen LogP contribution in [-0.4, -0.2) is 21.5 Å². The lowest BCUT2D eigenvalue weighted by Crippen LogP contribution is -2.64. The van der Waals surface area contributed by atoms with Crippen LogP contribution in [0.2, 0.25) is 0 Å². The Hall–Kier alpha value is -7.02. The van der Waals surface area contributed by atoms with Crippen LogP contribution in [-0.2, 0) is 25.6 Å². The normalized spacial score (nSPS) is 16.7. The number of aliphatic hydroxyl groups excluding tert-OH is 1. The van der Waals surface area contributed by atoms with Crippen molar-refractivity contribution < 1.29 is 18.8 Å². The summed E-state index contributed by atoms with van der Waals surface area (Å²) in [5.41, 5.74) is 12.1. The molecule has 2 unspecified atom stereocenters. The van der Waals surface area contributed by atoms with Gasteiger partial charge in [-0.3, -0.25) is 0 Å². The monoisotopic (exact) mass is 764 g/mol. The molecule has 0 spiro atoms. The number of aliphatic hydroxyl groups is 1. The number of benzene rings is 6. The number of rotatable bonds is 6. The quantitative estimate of drug-likeness (QED) is 0.136. The van der Waals surface area contributed by atoms with E-state index in [0.717, 1.165) is 17.1 Å². The molecule has 4 aromatic heterocycles. The van der Waals surface area contributed by atoms with Gasteiger partial charge < -0.3 is 5.11 Å². The fourth-order valence-electron chi connectivity index (χ4n) is 10.9. The molecule has 0 bridgehead atoms. The molecule has 6 heterocycles. The van der Waals surface area contributed by atoms with Crippen molar-refractivity contribution in [2.45, 2.75) is 31.0 Å². The second-order valence-electron chi connectivity index (χ2n) is 16.1. The van der Waals surface area contributed by atoms with Crippen LogP contribution in [0.4, 0.5) is 0 Å². The molecule has 6 heteroatoms. The molecular formula is C53H42N5O+3. The first-order valence-corrected chi connectivity index (χ1v) is 20.7. The number of hydrogen-bond acceptors (Lipinski definition) is 2. The molecule has 6 nitrogen and oxygen atoms in total. The fraction of sp³-hybridized carbons (Fsp3) is 0.132. The van der Waals surface area contributed by atoms with Crippen LogP contribution >= 0.6 is 0 Å². The van der Waals surface area contributed by atoms with E-state index < -0.39 is 5.54 Å². The molecular weight excluding hydrogens is 723 g/mol. The summed E-state index contributed by atoms with van der Waals surface area (Å²) < 4.78 is 9.89. The molecule has 6 aromatic carbocycles. The summed E-state index contributed by atoms with van der Waals surface area (Å²) in [5.74, 6) is 0. The van der Waals surface area contributed by atoms with Gasteiger partial charge >= 0.3 is 0 Å². The number of para-hydroxylation sites is 2. The van der Waals surface area contributed by atoms with E-state index in [1.807, 2.05) is 0 Å². The lowest BCUT2D eigenvalue weighted by atomic mass is 9.73. The highest BCUT2D eigenvalue weighted by molar-refractivity contribution is 6.11. The average Bonchev–Trinajstić information content (AvgIpc) is 3.87. The second-order valence-corrected chi connectivity index (χ2v) is 16.1. The lowest BCUT2D eigenvalue weighted by molar-refractivity contribution is -0.742. The maximum atomic E-state index is 9.97. The largest absolute Gasteiger partial charge is 0.396 e. The molecule has 59 heavy (non-hydrogen) atoms. The van der Waals surface area contributed by atoms with Gasteiger partial charge in [0.05, 0.1) is 38.4 Å². The van der Waals surface area contributed by atoms with Crippen LogP contribution in [0.3, 0.4) is 0 Å². The molecule has 0 amide bonds. The van der Waals surface area contributed by atoms with Crippen LogP contribution in [0.25, 0.3) is 77.3 Å². The summed E-state index contributed by atoms with van der Waals surface area (Å²) in [6.45, 7) is 0.811. The topological polar surface area (TPSA) is 49.7 Å². The van der Waals surface area contributed by atoms with Gasteiger partial charge in [0.1, 0.15) is 12.7 Å². The van der Waals surface area contributed by atoms with E-state index in [0.29, 0.717) is 19.4 Å². The molecule has 2 aliphatic rings. The van der Waals surface area contributed by atoms with Crippen molar-refractivity contribution in [3.63, 3.8) is 0 Å². The Kier molecular flexibility index (Phi) is 7.50. The molecule has 0 saturated heterocycles. The predicted molar refractivity (Wildman–Crippen MR) is 234 cm³/mol. The Bertz CT molecular complexity index is 3350. The summed E-state index contributed by atoms with van der Waals surface area (Å²) in [7, 11) is 2.23. The van der Waals surface area contributed by atoms with Gasteiger partial charge in [0.2, 0.25) is 33.7 Å². The third-order valence-corrected chi connectivity index (χ3v) is 13.2. The Morgan fingerprint density at radius 1 is 0.610 bits per heavy atom. The van der Waals surface area contributed by atoms with Crippen LogP contribution < -0.4 is 13.7 Å². The smallest absolute Gasteiger partial charge is 0.249 e. The number of fused-ring (bicyclic) bond motifs is 14. The van der Waals surface area contributed by atoms with Crippen molar-refractivity contribution in [3.05, 3.63) is 193 Å². The fourth-order valence-corrected chi connectivity index (χ4v) is 10.9. The number of hydrogen-bond donors (Lipinski definition) is 1. The molecule has 282 valence electrons. The van der Waals surface area contributed by atoms with Crippen LogP contribution in [0.1, 0.15) is 29.3 Å². The van der Waals surface area contributed by atoms with Gasteiger partial charge in [0.25, 0.3) is 0 Å². The van der Waals surface area contributed by atoms with Gasteiger partial charge in [-0.2, -0.15) is 18.8 Å². The van der Waals surface area contributed by atoms with Gasteiger partial charge in [-0.1, -0.05) is 97.1 Å². The minimum Gasteiger partial charge on any atom is -0.396 e. The molecule has 2 atom stereocenters. The van der Waals surface area contributed by atoms with Crippen molar-refractivity contribution in [2.24, 2.45) is 7.05 Å². The first-order chi connectivity index (χ1) is 29.2. The maximum Gasteiger partial charge on any atom is 0.249 e. The van der Waals surface area contributed by atoms with Gasteiger partial charge in [-0.25, -0.2) is 4.68 Å². The minimum atomic E-state index is -0.804. The van der Waals surface area contributed by atoms with Crippen LogP contribution in [0, 0.1) is 0 Å². The number of pyridine rings is 3. The predicted octanol–water partition coefficient (Wildman–Crippen LogP) is 9.18. The van der Waals surface area contributed by atoms with Crippen molar-refractivity contribution >= 4 is 43.4 Å². The third kappa shape index (κ3) is 4.66. The van der Waals surface area contributed by atoms with Gasteiger partial charge in [0, 0.05) is 52.8 Å². The molecule has 2 aliphatic heterocycles. The van der Waals surface area contributed by atoms with E-state index in [-0.39, 0.29) is 12.6 Å². The zero-order chi connectivity index (χ0) is 39.2. The molecule has 0 radical (unpaired) electrons. The van der Waals surface area contributed by atoms with Crippen LogP contribution in [0.5, 0.6) is 0 Å². The summed E-state index contributed by atoms with van der Waals surface area (Å²) in [6.07, 6.45) is 3.59. The van der Waals surface area contributed by atoms with E-state index in [2.05, 4.69) is 201 Å². The van der Waals surface area contributed by atoms with Gasteiger partial charge in [-0.15, -0.1) is 0 Å². The summed E-state index contributed by atoms with van der Waals surface area (Å²) >= 11 is 0. The Morgan fingerprint density at radius 3 is 1.85 bits per heavy atom. The van der Waals surface area contributed by atoms with E-state index in [9.17, 15) is 5.11 Å². The SMILES string of the molecule is C[n+]1c(-c2ccccc2C2(C3C[n+]4ccccc4-c4cc(CCCO)nn43)c3ccccc3-c3c4ccccc4c4ccccc4[n+]32)c2ccccc2c2ccccc21. The zero-order valence-electron chi connectivity index (χ0n) is 32.8. The molecule has 10 aromatic rings. The highest BCUT2D eigenvalue weighted by Crippen LogP contribution is 2.54. The molecule has 0 aliphatic carbocycles. The highest BCUT2D eigenvalue weighted by atomic mass is 16.2. The molecule has 1 N–H and O–H groups in total. The van der Waals surface area contributed by atoms with E-state index >= 15 is 0 Å². The first kappa shape index (κ1) is 34.1. The van der Waals surface area contributed by atoms with E-state index in [1.165, 1.54) is 77.0 Å². The van der Waals surface area contributed by atoms with E-state index in [1.54, 1.807) is 0 Å². The third-order valence-electron chi connectivity index (χ3n) is 13.2. The second kappa shape index (κ2) is 13.0.